The third-order valence-electron chi connectivity index (χ3n) is 1.44. The van der Waals surface area contributed by atoms with Gasteiger partial charge in [0.1, 0.15) is 0 Å². The molecule has 0 amide bonds. The normalized spacial score (nSPS) is 12.9. The number of rotatable bonds is 3. The van der Waals surface area contributed by atoms with Crippen LogP contribution < -0.4 is 5.30 Å². The van der Waals surface area contributed by atoms with E-state index < -0.39 is 6.19 Å². The van der Waals surface area contributed by atoms with Crippen LogP contribution in [0, 0.1) is 0 Å². The second kappa shape index (κ2) is 4.43. The SMILES string of the molecule is CCO[PH](Cl)(Cl)c1ccccc1. The van der Waals surface area contributed by atoms with E-state index in [1.54, 1.807) is 0 Å². The van der Waals surface area contributed by atoms with Crippen molar-refractivity contribution >= 4 is 34.0 Å². The molecule has 0 atom stereocenters. The van der Waals surface area contributed by atoms with Gasteiger partial charge in [-0.2, -0.15) is 0 Å². The van der Waals surface area contributed by atoms with Gasteiger partial charge in [-0.05, 0) is 0 Å². The van der Waals surface area contributed by atoms with Crippen molar-refractivity contribution in [1.82, 2.24) is 0 Å². The van der Waals surface area contributed by atoms with E-state index in [2.05, 4.69) is 0 Å². The fraction of sp³-hybridized carbons (Fsp3) is 0.250. The molecular weight excluding hydrogens is 214 g/mol. The molecule has 1 rings (SSSR count). The first-order chi connectivity index (χ1) is 5.67. The first-order valence-electron chi connectivity index (χ1n) is 3.74. The van der Waals surface area contributed by atoms with Crippen LogP contribution in [0.15, 0.2) is 30.3 Å². The fourth-order valence-corrected chi connectivity index (χ4v) is 3.42. The molecule has 1 nitrogen and oxygen atoms in total. The van der Waals surface area contributed by atoms with Gasteiger partial charge in [0.15, 0.2) is 0 Å². The van der Waals surface area contributed by atoms with Gasteiger partial charge in [-0.1, -0.05) is 0 Å². The molecule has 0 bridgehead atoms. The van der Waals surface area contributed by atoms with Crippen molar-refractivity contribution in [2.45, 2.75) is 6.92 Å². The van der Waals surface area contributed by atoms with Crippen molar-refractivity contribution in [2.24, 2.45) is 0 Å². The maximum atomic E-state index is 6.04. The molecule has 1 aromatic rings. The van der Waals surface area contributed by atoms with E-state index in [-0.39, 0.29) is 0 Å². The molecule has 0 heterocycles. The van der Waals surface area contributed by atoms with Crippen molar-refractivity contribution in [3.63, 3.8) is 0 Å². The van der Waals surface area contributed by atoms with Gasteiger partial charge in [-0.15, -0.1) is 0 Å². The summed E-state index contributed by atoms with van der Waals surface area (Å²) >= 11 is 12.1. The number of hydrogen-bond donors (Lipinski definition) is 0. The van der Waals surface area contributed by atoms with Crippen molar-refractivity contribution < 1.29 is 4.52 Å². The summed E-state index contributed by atoms with van der Waals surface area (Å²) in [6.07, 6.45) is -2.63. The molecule has 0 aliphatic heterocycles. The molecule has 4 heteroatoms. The van der Waals surface area contributed by atoms with Crippen LogP contribution in [0.25, 0.3) is 0 Å². The minimum absolute atomic E-state index is 0.550. The van der Waals surface area contributed by atoms with Crippen LogP contribution in [0.5, 0.6) is 0 Å². The van der Waals surface area contributed by atoms with Crippen LogP contribution in [0.2, 0.25) is 0 Å². The molecule has 0 aliphatic rings. The Morgan fingerprint density at radius 3 is 2.33 bits per heavy atom. The Morgan fingerprint density at radius 2 is 1.83 bits per heavy atom. The van der Waals surface area contributed by atoms with Crippen molar-refractivity contribution in [3.05, 3.63) is 30.3 Å². The van der Waals surface area contributed by atoms with Crippen molar-refractivity contribution in [2.75, 3.05) is 6.61 Å². The topological polar surface area (TPSA) is 9.23 Å². The Labute approximate surface area is 82.6 Å². The van der Waals surface area contributed by atoms with Crippen LogP contribution in [-0.2, 0) is 4.52 Å². The zero-order chi connectivity index (χ0) is 9.03. The molecule has 0 unspecified atom stereocenters. The molecule has 12 heavy (non-hydrogen) atoms. The molecule has 0 spiro atoms. The summed E-state index contributed by atoms with van der Waals surface area (Å²) in [7, 11) is 0. The summed E-state index contributed by atoms with van der Waals surface area (Å²) in [6.45, 7) is 2.43. The fourth-order valence-electron chi connectivity index (χ4n) is 0.897. The summed E-state index contributed by atoms with van der Waals surface area (Å²) < 4.78 is 5.29. The van der Waals surface area contributed by atoms with Gasteiger partial charge < -0.3 is 0 Å². The van der Waals surface area contributed by atoms with Gasteiger partial charge >= 0.3 is 82.4 Å². The Balaban J connectivity index is 2.82. The van der Waals surface area contributed by atoms with E-state index in [1.807, 2.05) is 37.3 Å². The van der Waals surface area contributed by atoms with Gasteiger partial charge in [0.25, 0.3) is 0 Å². The minimum atomic E-state index is -2.63. The van der Waals surface area contributed by atoms with Crippen LogP contribution in [0.1, 0.15) is 6.92 Å². The first kappa shape index (κ1) is 10.3. The van der Waals surface area contributed by atoms with Gasteiger partial charge in [0.2, 0.25) is 0 Å². The Hall–Kier alpha value is 0.190. The summed E-state index contributed by atoms with van der Waals surface area (Å²) in [5, 5.41) is 0.898. The van der Waals surface area contributed by atoms with E-state index >= 15 is 0 Å². The molecule has 0 saturated carbocycles. The maximum absolute atomic E-state index is 6.04. The average molecular weight is 225 g/mol. The summed E-state index contributed by atoms with van der Waals surface area (Å²) in [6, 6.07) is 9.51. The molecule has 0 radical (unpaired) electrons. The molecule has 0 saturated heterocycles. The average Bonchev–Trinajstić information content (AvgIpc) is 2.06. The van der Waals surface area contributed by atoms with Crippen molar-refractivity contribution in [1.29, 1.82) is 0 Å². The molecule has 0 aliphatic carbocycles. The standard InChI is InChI=1S/C8H11Cl2OP/c1-2-11-12(9,10)8-6-4-3-5-7-8/h3-7,12H,2H2,1H3. The monoisotopic (exact) mass is 224 g/mol. The van der Waals surface area contributed by atoms with E-state index in [9.17, 15) is 0 Å². The molecule has 68 valence electrons. The third kappa shape index (κ3) is 2.60. The number of halogens is 2. The summed E-state index contributed by atoms with van der Waals surface area (Å²) in [5.41, 5.74) is 0. The molecule has 0 fully saturated rings. The number of hydrogen-bond acceptors (Lipinski definition) is 1. The zero-order valence-corrected chi connectivity index (χ0v) is 9.27. The van der Waals surface area contributed by atoms with Crippen LogP contribution >= 0.6 is 28.7 Å². The Kier molecular flexibility index (Phi) is 3.79. The summed E-state index contributed by atoms with van der Waals surface area (Å²) in [4.78, 5) is 0. The number of benzene rings is 1. The molecule has 0 aromatic heterocycles. The van der Waals surface area contributed by atoms with Gasteiger partial charge in [-0.3, -0.25) is 0 Å². The summed E-state index contributed by atoms with van der Waals surface area (Å²) in [5.74, 6) is 0. The zero-order valence-electron chi connectivity index (χ0n) is 6.76. The molecular formula is C8H11Cl2OP. The quantitative estimate of drug-likeness (QED) is 0.717. The van der Waals surface area contributed by atoms with Crippen LogP contribution in [-0.4, -0.2) is 6.61 Å². The van der Waals surface area contributed by atoms with E-state index in [0.29, 0.717) is 6.61 Å². The third-order valence-corrected chi connectivity index (χ3v) is 5.06. The van der Waals surface area contributed by atoms with E-state index in [1.165, 1.54) is 0 Å². The molecule has 0 N–H and O–H groups in total. The van der Waals surface area contributed by atoms with Gasteiger partial charge in [0, 0.05) is 0 Å². The molecule has 1 aromatic carbocycles. The Bertz CT molecular complexity index is 238. The van der Waals surface area contributed by atoms with Crippen molar-refractivity contribution in [3.8, 4) is 0 Å². The van der Waals surface area contributed by atoms with E-state index in [0.717, 1.165) is 5.30 Å². The van der Waals surface area contributed by atoms with Gasteiger partial charge in [0.05, 0.1) is 0 Å². The van der Waals surface area contributed by atoms with Gasteiger partial charge in [-0.25, -0.2) is 0 Å². The predicted molar refractivity (Wildman–Crippen MR) is 57.7 cm³/mol. The second-order valence-electron chi connectivity index (χ2n) is 2.32. The second-order valence-corrected chi connectivity index (χ2v) is 7.99. The van der Waals surface area contributed by atoms with Crippen LogP contribution in [0.4, 0.5) is 0 Å². The first-order valence-corrected chi connectivity index (χ1v) is 7.67. The predicted octanol–water partition coefficient (Wildman–Crippen LogP) is 3.32. The van der Waals surface area contributed by atoms with E-state index in [4.69, 9.17) is 27.0 Å². The Morgan fingerprint density at radius 1 is 1.25 bits per heavy atom. The van der Waals surface area contributed by atoms with Crippen LogP contribution in [0.3, 0.4) is 0 Å².